The third-order valence-corrected chi connectivity index (χ3v) is 2.77. The van der Waals surface area contributed by atoms with E-state index >= 15 is 0 Å². The first-order valence-electron chi connectivity index (χ1n) is 5.42. The smallest absolute Gasteiger partial charge is 0.317 e. The number of carboxylic acids is 1. The van der Waals surface area contributed by atoms with Crippen LogP contribution in [-0.2, 0) is 9.59 Å². The highest BCUT2D eigenvalue weighted by Crippen LogP contribution is 2.08. The molecule has 1 saturated heterocycles. The summed E-state index contributed by atoms with van der Waals surface area (Å²) in [7, 11) is 1.70. The first-order chi connectivity index (χ1) is 7.91. The molecule has 96 valence electrons. The van der Waals surface area contributed by atoms with Gasteiger partial charge in [-0.1, -0.05) is 0 Å². The van der Waals surface area contributed by atoms with E-state index in [-0.39, 0.29) is 37.5 Å². The van der Waals surface area contributed by atoms with E-state index in [4.69, 9.17) is 5.11 Å². The summed E-state index contributed by atoms with van der Waals surface area (Å²) < 4.78 is 0. The van der Waals surface area contributed by atoms with Crippen LogP contribution in [0.15, 0.2) is 0 Å². The van der Waals surface area contributed by atoms with Crippen molar-refractivity contribution in [2.24, 2.45) is 0 Å². The number of hydrogen-bond acceptors (Lipinski definition) is 3. The largest absolute Gasteiger partial charge is 0.481 e. The van der Waals surface area contributed by atoms with Crippen LogP contribution in [0.4, 0.5) is 4.79 Å². The second kappa shape index (κ2) is 5.51. The third-order valence-electron chi connectivity index (χ3n) is 2.77. The van der Waals surface area contributed by atoms with Crippen molar-refractivity contribution in [3.05, 3.63) is 0 Å². The van der Waals surface area contributed by atoms with E-state index in [2.05, 4.69) is 5.32 Å². The molecule has 2 N–H and O–H groups in total. The minimum Gasteiger partial charge on any atom is -0.481 e. The summed E-state index contributed by atoms with van der Waals surface area (Å²) >= 11 is 0. The van der Waals surface area contributed by atoms with Crippen LogP contribution < -0.4 is 5.32 Å². The number of amides is 3. The summed E-state index contributed by atoms with van der Waals surface area (Å²) in [6.07, 6.45) is -0.122. The normalized spacial score (nSPS) is 20.4. The molecule has 3 amide bonds. The number of urea groups is 1. The zero-order chi connectivity index (χ0) is 13.0. The number of rotatable bonds is 3. The second-order valence-corrected chi connectivity index (χ2v) is 4.11. The zero-order valence-corrected chi connectivity index (χ0v) is 9.97. The van der Waals surface area contributed by atoms with Crippen molar-refractivity contribution in [2.75, 3.05) is 26.7 Å². The number of aliphatic carboxylic acids is 1. The highest BCUT2D eigenvalue weighted by atomic mass is 16.4. The average molecular weight is 243 g/mol. The molecule has 1 aliphatic heterocycles. The third kappa shape index (κ3) is 3.61. The Morgan fingerprint density at radius 3 is 2.71 bits per heavy atom. The molecule has 7 heteroatoms. The monoisotopic (exact) mass is 243 g/mol. The summed E-state index contributed by atoms with van der Waals surface area (Å²) in [5, 5.41) is 10.9. The fourth-order valence-electron chi connectivity index (χ4n) is 1.57. The van der Waals surface area contributed by atoms with E-state index in [1.54, 1.807) is 11.9 Å². The maximum atomic E-state index is 11.6. The average Bonchev–Trinajstić information content (AvgIpc) is 2.24. The molecule has 0 saturated carbocycles. The Hall–Kier alpha value is -1.79. The van der Waals surface area contributed by atoms with Crippen LogP contribution in [0.2, 0.25) is 0 Å². The van der Waals surface area contributed by atoms with Crippen LogP contribution in [0.5, 0.6) is 0 Å². The Morgan fingerprint density at radius 2 is 2.18 bits per heavy atom. The van der Waals surface area contributed by atoms with E-state index in [0.29, 0.717) is 6.54 Å². The molecule has 0 radical (unpaired) electrons. The number of carbonyl (C=O) groups excluding carboxylic acids is 2. The lowest BCUT2D eigenvalue weighted by molar-refractivity contribution is -0.137. The summed E-state index contributed by atoms with van der Waals surface area (Å²) in [6, 6.07) is -0.416. The molecule has 1 atom stereocenters. The van der Waals surface area contributed by atoms with Crippen LogP contribution in [0.25, 0.3) is 0 Å². The summed E-state index contributed by atoms with van der Waals surface area (Å²) in [4.78, 5) is 36.4. The molecule has 1 heterocycles. The molecule has 7 nitrogen and oxygen atoms in total. The summed E-state index contributed by atoms with van der Waals surface area (Å²) in [5.74, 6) is -1.08. The molecule has 17 heavy (non-hydrogen) atoms. The number of nitrogens with one attached hydrogen (secondary N) is 1. The van der Waals surface area contributed by atoms with Gasteiger partial charge in [-0.25, -0.2) is 4.79 Å². The standard InChI is InChI=1S/C10H17N3O4/c1-7-5-13(6-8(14)12(7)2)10(17)11-4-3-9(15)16/h7H,3-6H2,1-2H3,(H,11,17)(H,15,16). The molecule has 0 aromatic carbocycles. The Morgan fingerprint density at radius 1 is 1.53 bits per heavy atom. The van der Waals surface area contributed by atoms with Gasteiger partial charge in [0.1, 0.15) is 6.54 Å². The van der Waals surface area contributed by atoms with Crippen LogP contribution >= 0.6 is 0 Å². The lowest BCUT2D eigenvalue weighted by atomic mass is 10.2. The van der Waals surface area contributed by atoms with Crippen molar-refractivity contribution in [3.8, 4) is 0 Å². The van der Waals surface area contributed by atoms with Gasteiger partial charge < -0.3 is 20.2 Å². The molecular formula is C10H17N3O4. The van der Waals surface area contributed by atoms with Gasteiger partial charge in [0.2, 0.25) is 5.91 Å². The topological polar surface area (TPSA) is 90.0 Å². The van der Waals surface area contributed by atoms with Crippen molar-refractivity contribution in [2.45, 2.75) is 19.4 Å². The van der Waals surface area contributed by atoms with Gasteiger partial charge in [-0.05, 0) is 6.92 Å². The van der Waals surface area contributed by atoms with Gasteiger partial charge in [0, 0.05) is 26.2 Å². The predicted octanol–water partition coefficient (Wildman–Crippen LogP) is -0.667. The summed E-state index contributed by atoms with van der Waals surface area (Å²) in [6.45, 7) is 2.43. The predicted molar refractivity (Wildman–Crippen MR) is 59.5 cm³/mol. The minimum absolute atomic E-state index is 0.0264. The number of nitrogens with zero attached hydrogens (tertiary/aromatic N) is 2. The van der Waals surface area contributed by atoms with E-state index < -0.39 is 5.97 Å². The lowest BCUT2D eigenvalue weighted by Crippen LogP contribution is -2.57. The second-order valence-electron chi connectivity index (χ2n) is 4.11. The highest BCUT2D eigenvalue weighted by Gasteiger charge is 2.29. The van der Waals surface area contributed by atoms with Gasteiger partial charge in [0.15, 0.2) is 0 Å². The molecule has 1 aliphatic rings. The van der Waals surface area contributed by atoms with Gasteiger partial charge in [0.25, 0.3) is 0 Å². The SMILES string of the molecule is CC1CN(C(=O)NCCC(=O)O)CC(=O)N1C. The van der Waals surface area contributed by atoms with E-state index in [0.717, 1.165) is 0 Å². The van der Waals surface area contributed by atoms with E-state index in [9.17, 15) is 14.4 Å². The van der Waals surface area contributed by atoms with Gasteiger partial charge in [0.05, 0.1) is 6.42 Å². The first-order valence-corrected chi connectivity index (χ1v) is 5.42. The molecule has 0 aromatic heterocycles. The Kier molecular flexibility index (Phi) is 4.30. The zero-order valence-electron chi connectivity index (χ0n) is 9.97. The Bertz CT molecular complexity index is 332. The number of carboxylic acid groups (broad SMARTS) is 1. The Labute approximate surface area is 99.4 Å². The van der Waals surface area contributed by atoms with Gasteiger partial charge in [-0.15, -0.1) is 0 Å². The minimum atomic E-state index is -0.965. The van der Waals surface area contributed by atoms with Crippen LogP contribution in [-0.4, -0.2) is 65.5 Å². The van der Waals surface area contributed by atoms with Gasteiger partial charge >= 0.3 is 12.0 Å². The molecule has 1 rings (SSSR count). The molecular weight excluding hydrogens is 226 g/mol. The van der Waals surface area contributed by atoms with Gasteiger partial charge in [-0.2, -0.15) is 0 Å². The van der Waals surface area contributed by atoms with Crippen molar-refractivity contribution in [1.29, 1.82) is 0 Å². The lowest BCUT2D eigenvalue weighted by Gasteiger charge is -2.37. The van der Waals surface area contributed by atoms with Crippen molar-refractivity contribution in [3.63, 3.8) is 0 Å². The first kappa shape index (κ1) is 13.3. The Balaban J connectivity index is 2.42. The van der Waals surface area contributed by atoms with E-state index in [1.165, 1.54) is 4.90 Å². The van der Waals surface area contributed by atoms with E-state index in [1.807, 2.05) is 6.92 Å². The number of likely N-dealkylation sites (N-methyl/N-ethyl adjacent to an activating group) is 1. The number of carbonyl (C=O) groups is 3. The van der Waals surface area contributed by atoms with Crippen LogP contribution in [0, 0.1) is 0 Å². The van der Waals surface area contributed by atoms with Crippen molar-refractivity contribution >= 4 is 17.9 Å². The fraction of sp³-hybridized carbons (Fsp3) is 0.700. The molecule has 1 unspecified atom stereocenters. The molecule has 0 bridgehead atoms. The summed E-state index contributed by atoms with van der Waals surface area (Å²) in [5.41, 5.74) is 0. The van der Waals surface area contributed by atoms with Crippen molar-refractivity contribution in [1.82, 2.24) is 15.1 Å². The van der Waals surface area contributed by atoms with Crippen LogP contribution in [0.1, 0.15) is 13.3 Å². The quantitative estimate of drug-likeness (QED) is 0.688. The highest BCUT2D eigenvalue weighted by molar-refractivity contribution is 5.85. The number of hydrogen-bond donors (Lipinski definition) is 2. The fourth-order valence-corrected chi connectivity index (χ4v) is 1.57. The molecule has 0 aromatic rings. The van der Waals surface area contributed by atoms with Crippen LogP contribution in [0.3, 0.4) is 0 Å². The maximum absolute atomic E-state index is 11.6. The molecule has 0 spiro atoms. The molecule has 1 fully saturated rings. The number of piperazine rings is 1. The maximum Gasteiger partial charge on any atom is 0.317 e. The van der Waals surface area contributed by atoms with Crippen molar-refractivity contribution < 1.29 is 19.5 Å². The van der Waals surface area contributed by atoms with Gasteiger partial charge in [-0.3, -0.25) is 9.59 Å². The molecule has 0 aliphatic carbocycles.